The van der Waals surface area contributed by atoms with Crippen molar-refractivity contribution in [1.82, 2.24) is 4.98 Å². The predicted octanol–water partition coefficient (Wildman–Crippen LogP) is 2.15. The molecule has 0 aliphatic carbocycles. The summed E-state index contributed by atoms with van der Waals surface area (Å²) >= 11 is 5.86. The molecule has 0 radical (unpaired) electrons. The molecular weight excluding hydrogens is 202 g/mol. The minimum absolute atomic E-state index is 0.223. The number of carbonyl (C=O) groups excluding carboxylic acids is 1. The number of aromatic nitrogens is 1. The molecule has 1 aromatic heterocycles. The van der Waals surface area contributed by atoms with Gasteiger partial charge in [-0.1, -0.05) is 11.6 Å². The Morgan fingerprint density at radius 1 is 1.64 bits per heavy atom. The molecule has 4 heteroatoms. The van der Waals surface area contributed by atoms with Gasteiger partial charge in [0.15, 0.2) is 0 Å². The molecule has 0 N–H and O–H groups in total. The molecule has 0 aliphatic rings. The Bertz CT molecular complexity index is 339. The van der Waals surface area contributed by atoms with Crippen LogP contribution in [0.1, 0.15) is 18.2 Å². The second kappa shape index (κ2) is 4.96. The van der Waals surface area contributed by atoms with Gasteiger partial charge in [0, 0.05) is 6.20 Å². The fourth-order valence-corrected chi connectivity index (χ4v) is 1.21. The first-order chi connectivity index (χ1) is 6.63. The Labute approximate surface area is 88.1 Å². The van der Waals surface area contributed by atoms with Crippen LogP contribution in [-0.2, 0) is 16.0 Å². The summed E-state index contributed by atoms with van der Waals surface area (Å²) < 4.78 is 4.81. The van der Waals surface area contributed by atoms with Crippen molar-refractivity contribution < 1.29 is 9.53 Å². The van der Waals surface area contributed by atoms with Crippen LogP contribution in [0, 0.1) is 6.92 Å². The molecule has 0 aromatic carbocycles. The number of halogens is 1. The van der Waals surface area contributed by atoms with Gasteiger partial charge in [-0.15, -0.1) is 0 Å². The van der Waals surface area contributed by atoms with Crippen LogP contribution in [0.2, 0.25) is 5.02 Å². The number of aryl methyl sites for hydroxylation is 1. The zero-order chi connectivity index (χ0) is 10.6. The number of hydrogen-bond donors (Lipinski definition) is 0. The van der Waals surface area contributed by atoms with E-state index in [9.17, 15) is 4.79 Å². The molecule has 14 heavy (non-hydrogen) atoms. The average molecular weight is 214 g/mol. The first-order valence-corrected chi connectivity index (χ1v) is 4.78. The maximum Gasteiger partial charge on any atom is 0.310 e. The number of hydrogen-bond acceptors (Lipinski definition) is 3. The Morgan fingerprint density at radius 3 is 2.93 bits per heavy atom. The van der Waals surface area contributed by atoms with Gasteiger partial charge in [0.25, 0.3) is 0 Å². The molecule has 0 saturated carbocycles. The van der Waals surface area contributed by atoms with E-state index in [4.69, 9.17) is 16.3 Å². The van der Waals surface area contributed by atoms with Crippen molar-refractivity contribution in [3.8, 4) is 0 Å². The van der Waals surface area contributed by atoms with E-state index in [1.807, 2.05) is 6.92 Å². The first-order valence-electron chi connectivity index (χ1n) is 4.40. The molecule has 1 rings (SSSR count). The zero-order valence-corrected chi connectivity index (χ0v) is 8.97. The van der Waals surface area contributed by atoms with Gasteiger partial charge < -0.3 is 4.74 Å². The number of ether oxygens (including phenoxy) is 1. The molecule has 76 valence electrons. The van der Waals surface area contributed by atoms with E-state index in [0.29, 0.717) is 11.6 Å². The van der Waals surface area contributed by atoms with E-state index in [-0.39, 0.29) is 12.4 Å². The summed E-state index contributed by atoms with van der Waals surface area (Å²) in [5, 5.41) is 0.576. The van der Waals surface area contributed by atoms with Crippen LogP contribution >= 0.6 is 11.6 Å². The number of nitrogens with zero attached hydrogens (tertiary/aromatic N) is 1. The maximum absolute atomic E-state index is 11.1. The third kappa shape index (κ3) is 3.00. The summed E-state index contributed by atoms with van der Waals surface area (Å²) in [5.41, 5.74) is 1.54. The highest BCUT2D eigenvalue weighted by Crippen LogP contribution is 2.14. The Hall–Kier alpha value is -1.09. The lowest BCUT2D eigenvalue weighted by molar-refractivity contribution is -0.142. The lowest BCUT2D eigenvalue weighted by Gasteiger charge is -2.03. The summed E-state index contributed by atoms with van der Waals surface area (Å²) in [6, 6.07) is 1.74. The fraction of sp³-hybridized carbons (Fsp3) is 0.400. The third-order valence-corrected chi connectivity index (χ3v) is 2.12. The van der Waals surface area contributed by atoms with Gasteiger partial charge in [0.2, 0.25) is 0 Å². The second-order valence-corrected chi connectivity index (χ2v) is 3.30. The molecule has 0 saturated heterocycles. The highest BCUT2D eigenvalue weighted by molar-refractivity contribution is 6.31. The molecule has 0 fully saturated rings. The van der Waals surface area contributed by atoms with Crippen molar-refractivity contribution >= 4 is 17.6 Å². The van der Waals surface area contributed by atoms with Gasteiger partial charge in [-0.25, -0.2) is 0 Å². The molecule has 0 aliphatic heterocycles. The Morgan fingerprint density at radius 2 is 2.36 bits per heavy atom. The van der Waals surface area contributed by atoms with Crippen LogP contribution in [-0.4, -0.2) is 17.6 Å². The summed E-state index contributed by atoms with van der Waals surface area (Å²) in [7, 11) is 0. The fourth-order valence-electron chi connectivity index (χ4n) is 1.02. The summed E-state index contributed by atoms with van der Waals surface area (Å²) in [4.78, 5) is 15.2. The third-order valence-electron chi connectivity index (χ3n) is 1.74. The lowest BCUT2D eigenvalue weighted by Crippen LogP contribution is -2.07. The largest absolute Gasteiger partial charge is 0.466 e. The lowest BCUT2D eigenvalue weighted by atomic mass is 10.2. The maximum atomic E-state index is 11.1. The molecule has 0 unspecified atom stereocenters. The molecule has 0 amide bonds. The smallest absolute Gasteiger partial charge is 0.310 e. The Balaban J connectivity index is 2.68. The SMILES string of the molecule is CCOC(=O)Cc1cnc(C)c(Cl)c1. The van der Waals surface area contributed by atoms with Crippen LogP contribution in [0.3, 0.4) is 0 Å². The molecule has 0 bridgehead atoms. The average Bonchev–Trinajstić information content (AvgIpc) is 2.12. The summed E-state index contributed by atoms with van der Waals surface area (Å²) in [6.07, 6.45) is 1.86. The number of esters is 1. The Kier molecular flexibility index (Phi) is 3.89. The van der Waals surface area contributed by atoms with Crippen molar-refractivity contribution in [2.75, 3.05) is 6.61 Å². The molecule has 1 aromatic rings. The van der Waals surface area contributed by atoms with Gasteiger partial charge in [0.05, 0.1) is 23.7 Å². The van der Waals surface area contributed by atoms with Gasteiger partial charge >= 0.3 is 5.97 Å². The van der Waals surface area contributed by atoms with Crippen LogP contribution in [0.15, 0.2) is 12.3 Å². The second-order valence-electron chi connectivity index (χ2n) is 2.89. The van der Waals surface area contributed by atoms with E-state index >= 15 is 0 Å². The van der Waals surface area contributed by atoms with Crippen molar-refractivity contribution in [2.45, 2.75) is 20.3 Å². The molecule has 0 atom stereocenters. The standard InChI is InChI=1S/C10H12ClNO2/c1-3-14-10(13)5-8-4-9(11)7(2)12-6-8/h4,6H,3,5H2,1-2H3. The molecule has 3 nitrogen and oxygen atoms in total. The molecular formula is C10H12ClNO2. The van der Waals surface area contributed by atoms with Gasteiger partial charge in [0.1, 0.15) is 0 Å². The quantitative estimate of drug-likeness (QED) is 0.723. The number of rotatable bonds is 3. The highest BCUT2D eigenvalue weighted by Gasteiger charge is 2.05. The van der Waals surface area contributed by atoms with Crippen molar-refractivity contribution in [3.05, 3.63) is 28.5 Å². The van der Waals surface area contributed by atoms with Crippen LogP contribution in [0.25, 0.3) is 0 Å². The van der Waals surface area contributed by atoms with Crippen LogP contribution in [0.4, 0.5) is 0 Å². The van der Waals surface area contributed by atoms with Crippen molar-refractivity contribution in [2.24, 2.45) is 0 Å². The first kappa shape index (κ1) is 11.0. The minimum atomic E-state index is -0.255. The summed E-state index contributed by atoms with van der Waals surface area (Å²) in [6.45, 7) is 3.99. The monoisotopic (exact) mass is 213 g/mol. The summed E-state index contributed by atoms with van der Waals surface area (Å²) in [5.74, 6) is -0.255. The number of carbonyl (C=O) groups is 1. The normalized spacial score (nSPS) is 9.93. The van der Waals surface area contributed by atoms with E-state index < -0.39 is 0 Å². The molecule has 1 heterocycles. The number of pyridine rings is 1. The van der Waals surface area contributed by atoms with Crippen molar-refractivity contribution in [1.29, 1.82) is 0 Å². The van der Waals surface area contributed by atoms with Crippen LogP contribution < -0.4 is 0 Å². The predicted molar refractivity (Wildman–Crippen MR) is 54.3 cm³/mol. The van der Waals surface area contributed by atoms with E-state index in [0.717, 1.165) is 11.3 Å². The highest BCUT2D eigenvalue weighted by atomic mass is 35.5. The molecule has 0 spiro atoms. The van der Waals surface area contributed by atoms with Gasteiger partial charge in [-0.05, 0) is 25.5 Å². The van der Waals surface area contributed by atoms with E-state index in [1.54, 1.807) is 19.2 Å². The van der Waals surface area contributed by atoms with Crippen molar-refractivity contribution in [3.63, 3.8) is 0 Å². The zero-order valence-electron chi connectivity index (χ0n) is 8.21. The van der Waals surface area contributed by atoms with Gasteiger partial charge in [-0.3, -0.25) is 9.78 Å². The van der Waals surface area contributed by atoms with E-state index in [2.05, 4.69) is 4.98 Å². The van der Waals surface area contributed by atoms with Crippen LogP contribution in [0.5, 0.6) is 0 Å². The minimum Gasteiger partial charge on any atom is -0.466 e. The van der Waals surface area contributed by atoms with E-state index in [1.165, 1.54) is 0 Å². The van der Waals surface area contributed by atoms with Gasteiger partial charge in [-0.2, -0.15) is 0 Å². The topological polar surface area (TPSA) is 39.2 Å².